The molecule has 100 valence electrons. The molecule has 0 bridgehead atoms. The Kier molecular flexibility index (Phi) is 3.32. The van der Waals surface area contributed by atoms with Crippen LogP contribution < -0.4 is 5.73 Å². The first kappa shape index (κ1) is 12.9. The largest absolute Gasteiger partial charge is 0.395 e. The predicted molar refractivity (Wildman–Crippen MR) is 71.3 cm³/mol. The van der Waals surface area contributed by atoms with Crippen molar-refractivity contribution in [3.63, 3.8) is 0 Å². The SMILES string of the molecule is CC(C)c1[nH]nc(C(=O)N2CC(C)C(C)C2)c1N. The first-order valence-electron chi connectivity index (χ1n) is 6.54. The van der Waals surface area contributed by atoms with Gasteiger partial charge in [-0.25, -0.2) is 0 Å². The van der Waals surface area contributed by atoms with Gasteiger partial charge in [0.15, 0.2) is 5.69 Å². The van der Waals surface area contributed by atoms with E-state index in [1.54, 1.807) is 0 Å². The van der Waals surface area contributed by atoms with Gasteiger partial charge >= 0.3 is 0 Å². The van der Waals surface area contributed by atoms with E-state index >= 15 is 0 Å². The lowest BCUT2D eigenvalue weighted by atomic mass is 10.0. The van der Waals surface area contributed by atoms with Gasteiger partial charge in [-0.3, -0.25) is 9.89 Å². The average Bonchev–Trinajstić information content (AvgIpc) is 2.82. The lowest BCUT2D eigenvalue weighted by Crippen LogP contribution is -2.29. The molecule has 1 aliphatic heterocycles. The van der Waals surface area contributed by atoms with E-state index in [0.29, 0.717) is 23.2 Å². The predicted octanol–water partition coefficient (Wildman–Crippen LogP) is 1.84. The maximum absolute atomic E-state index is 12.4. The topological polar surface area (TPSA) is 75.0 Å². The maximum atomic E-state index is 12.4. The van der Waals surface area contributed by atoms with Gasteiger partial charge in [0.2, 0.25) is 0 Å². The Morgan fingerprint density at radius 1 is 1.39 bits per heavy atom. The Hall–Kier alpha value is -1.52. The number of aromatic amines is 1. The number of rotatable bonds is 2. The summed E-state index contributed by atoms with van der Waals surface area (Å²) in [5.41, 5.74) is 7.72. The van der Waals surface area contributed by atoms with Crippen molar-refractivity contribution >= 4 is 11.6 Å². The van der Waals surface area contributed by atoms with Crippen LogP contribution >= 0.6 is 0 Å². The van der Waals surface area contributed by atoms with Crippen molar-refractivity contribution in [2.75, 3.05) is 18.8 Å². The number of nitrogens with one attached hydrogen (secondary N) is 1. The Labute approximate surface area is 108 Å². The van der Waals surface area contributed by atoms with Crippen LogP contribution in [0.4, 0.5) is 5.69 Å². The Morgan fingerprint density at radius 2 is 1.94 bits per heavy atom. The molecule has 1 aliphatic rings. The Balaban J connectivity index is 2.20. The zero-order valence-corrected chi connectivity index (χ0v) is 11.5. The maximum Gasteiger partial charge on any atom is 0.276 e. The normalized spacial score (nSPS) is 23.9. The second-order valence-electron chi connectivity index (χ2n) is 5.72. The lowest BCUT2D eigenvalue weighted by molar-refractivity contribution is 0.0780. The Morgan fingerprint density at radius 3 is 2.39 bits per heavy atom. The highest BCUT2D eigenvalue weighted by Gasteiger charge is 2.32. The standard InChI is InChI=1S/C13H22N4O/c1-7(2)11-10(14)12(16-15-11)13(18)17-5-8(3)9(4)6-17/h7-9H,5-6,14H2,1-4H3,(H,15,16). The monoisotopic (exact) mass is 250 g/mol. The summed E-state index contributed by atoms with van der Waals surface area (Å²) in [6, 6.07) is 0. The summed E-state index contributed by atoms with van der Waals surface area (Å²) in [4.78, 5) is 14.2. The minimum Gasteiger partial charge on any atom is -0.395 e. The quantitative estimate of drug-likeness (QED) is 0.841. The van der Waals surface area contributed by atoms with Crippen LogP contribution in [0.1, 0.15) is 49.8 Å². The summed E-state index contributed by atoms with van der Waals surface area (Å²) in [7, 11) is 0. The number of hydrogen-bond donors (Lipinski definition) is 2. The van der Waals surface area contributed by atoms with E-state index < -0.39 is 0 Å². The van der Waals surface area contributed by atoms with Gasteiger partial charge in [0.05, 0.1) is 11.4 Å². The number of hydrogen-bond acceptors (Lipinski definition) is 3. The van der Waals surface area contributed by atoms with Gasteiger partial charge < -0.3 is 10.6 Å². The fraction of sp³-hybridized carbons (Fsp3) is 0.692. The molecule has 0 radical (unpaired) electrons. The number of amides is 1. The molecule has 0 spiro atoms. The van der Waals surface area contributed by atoms with Crippen LogP contribution in [0.25, 0.3) is 0 Å². The van der Waals surface area contributed by atoms with Gasteiger partial charge in [0.1, 0.15) is 0 Å². The van der Waals surface area contributed by atoms with Crippen LogP contribution in [0.3, 0.4) is 0 Å². The van der Waals surface area contributed by atoms with Gasteiger partial charge in [-0.15, -0.1) is 0 Å². The molecule has 0 aliphatic carbocycles. The molecule has 1 amide bonds. The third kappa shape index (κ3) is 2.09. The zero-order valence-electron chi connectivity index (χ0n) is 11.5. The molecule has 3 N–H and O–H groups in total. The molecule has 5 heteroatoms. The van der Waals surface area contributed by atoms with E-state index in [1.807, 2.05) is 18.7 Å². The van der Waals surface area contributed by atoms with Crippen molar-refractivity contribution in [1.82, 2.24) is 15.1 Å². The average molecular weight is 250 g/mol. The second kappa shape index (κ2) is 4.63. The summed E-state index contributed by atoms with van der Waals surface area (Å²) in [5.74, 6) is 1.28. The molecule has 1 aromatic rings. The van der Waals surface area contributed by atoms with Crippen LogP contribution in [0.2, 0.25) is 0 Å². The van der Waals surface area contributed by atoms with Crippen LogP contribution in [0, 0.1) is 11.8 Å². The summed E-state index contributed by atoms with van der Waals surface area (Å²) >= 11 is 0. The number of aromatic nitrogens is 2. The van der Waals surface area contributed by atoms with E-state index in [2.05, 4.69) is 24.0 Å². The highest BCUT2D eigenvalue weighted by molar-refractivity contribution is 5.97. The highest BCUT2D eigenvalue weighted by Crippen LogP contribution is 2.27. The van der Waals surface area contributed by atoms with Crippen molar-refractivity contribution in [1.29, 1.82) is 0 Å². The van der Waals surface area contributed by atoms with Crippen molar-refractivity contribution < 1.29 is 4.79 Å². The van der Waals surface area contributed by atoms with Gasteiger partial charge in [0, 0.05) is 13.1 Å². The van der Waals surface area contributed by atoms with Crippen LogP contribution in [-0.4, -0.2) is 34.1 Å². The number of likely N-dealkylation sites (tertiary alicyclic amines) is 1. The van der Waals surface area contributed by atoms with Crippen LogP contribution in [0.15, 0.2) is 0 Å². The highest BCUT2D eigenvalue weighted by atomic mass is 16.2. The van der Waals surface area contributed by atoms with Gasteiger partial charge in [-0.1, -0.05) is 27.7 Å². The fourth-order valence-electron chi connectivity index (χ4n) is 2.41. The molecule has 0 aromatic carbocycles. The number of nitrogens with zero attached hydrogens (tertiary/aromatic N) is 2. The van der Waals surface area contributed by atoms with Crippen LogP contribution in [-0.2, 0) is 0 Å². The number of carbonyl (C=O) groups is 1. The molecule has 2 rings (SSSR count). The Bertz CT molecular complexity index is 442. The van der Waals surface area contributed by atoms with Crippen molar-refractivity contribution in [3.8, 4) is 0 Å². The number of H-pyrrole nitrogens is 1. The molecule has 18 heavy (non-hydrogen) atoms. The molecule has 2 heterocycles. The van der Waals surface area contributed by atoms with Crippen molar-refractivity contribution in [3.05, 3.63) is 11.4 Å². The molecule has 1 saturated heterocycles. The minimum absolute atomic E-state index is 0.0492. The third-order valence-corrected chi connectivity index (χ3v) is 3.89. The van der Waals surface area contributed by atoms with E-state index in [-0.39, 0.29) is 11.8 Å². The smallest absolute Gasteiger partial charge is 0.276 e. The molecule has 5 nitrogen and oxygen atoms in total. The molecular formula is C13H22N4O. The van der Waals surface area contributed by atoms with E-state index in [1.165, 1.54) is 0 Å². The third-order valence-electron chi connectivity index (χ3n) is 3.89. The number of anilines is 1. The van der Waals surface area contributed by atoms with E-state index in [9.17, 15) is 4.79 Å². The van der Waals surface area contributed by atoms with Gasteiger partial charge in [-0.2, -0.15) is 5.10 Å². The van der Waals surface area contributed by atoms with Crippen molar-refractivity contribution in [2.45, 2.75) is 33.6 Å². The number of nitrogen functional groups attached to an aromatic ring is 1. The molecule has 0 saturated carbocycles. The fourth-order valence-corrected chi connectivity index (χ4v) is 2.41. The zero-order chi connectivity index (χ0) is 13.4. The van der Waals surface area contributed by atoms with E-state index in [0.717, 1.165) is 18.8 Å². The first-order chi connectivity index (χ1) is 8.41. The molecule has 2 unspecified atom stereocenters. The van der Waals surface area contributed by atoms with Gasteiger partial charge in [-0.05, 0) is 17.8 Å². The summed E-state index contributed by atoms with van der Waals surface area (Å²) < 4.78 is 0. The summed E-state index contributed by atoms with van der Waals surface area (Å²) in [5, 5.41) is 6.97. The molecule has 1 fully saturated rings. The lowest BCUT2D eigenvalue weighted by Gasteiger charge is -2.14. The molecular weight excluding hydrogens is 228 g/mol. The van der Waals surface area contributed by atoms with E-state index in [4.69, 9.17) is 5.73 Å². The summed E-state index contributed by atoms with van der Waals surface area (Å²) in [6.45, 7) is 9.99. The minimum atomic E-state index is -0.0492. The van der Waals surface area contributed by atoms with Gasteiger partial charge in [0.25, 0.3) is 5.91 Å². The first-order valence-corrected chi connectivity index (χ1v) is 6.54. The molecule has 2 atom stereocenters. The number of nitrogens with two attached hydrogens (primary N) is 1. The number of carbonyl (C=O) groups excluding carboxylic acids is 1. The summed E-state index contributed by atoms with van der Waals surface area (Å²) in [6.07, 6.45) is 0. The van der Waals surface area contributed by atoms with Crippen LogP contribution in [0.5, 0.6) is 0 Å². The van der Waals surface area contributed by atoms with Crippen molar-refractivity contribution in [2.24, 2.45) is 11.8 Å². The second-order valence-corrected chi connectivity index (χ2v) is 5.72. The molecule has 1 aromatic heterocycles.